The third-order valence-electron chi connectivity index (χ3n) is 2.74. The molecule has 6 N–H and O–H groups in total. The van der Waals surface area contributed by atoms with E-state index in [1.807, 2.05) is 0 Å². The molecule has 0 aromatic heterocycles. The van der Waals surface area contributed by atoms with Crippen molar-refractivity contribution in [3.63, 3.8) is 0 Å². The molecule has 7 nitrogen and oxygen atoms in total. The van der Waals surface area contributed by atoms with Gasteiger partial charge in [-0.2, -0.15) is 0 Å². The van der Waals surface area contributed by atoms with Gasteiger partial charge >= 0.3 is 0 Å². The van der Waals surface area contributed by atoms with E-state index >= 15 is 0 Å². The minimum Gasteiger partial charge on any atom is -0.409 e. The number of amidine groups is 1. The summed E-state index contributed by atoms with van der Waals surface area (Å²) in [6.07, 6.45) is 0. The van der Waals surface area contributed by atoms with Crippen LogP contribution in [0.1, 0.15) is 24.2 Å². The zero-order valence-electron chi connectivity index (χ0n) is 10.7. The zero-order valence-corrected chi connectivity index (χ0v) is 10.7. The highest BCUT2D eigenvalue weighted by Gasteiger charge is 2.32. The van der Waals surface area contributed by atoms with E-state index in [1.54, 1.807) is 12.1 Å². The zero-order chi connectivity index (χ0) is 14.6. The van der Waals surface area contributed by atoms with Gasteiger partial charge in [-0.05, 0) is 38.1 Å². The minimum atomic E-state index is -1.16. The van der Waals surface area contributed by atoms with Crippen molar-refractivity contribution in [2.24, 2.45) is 22.0 Å². The first-order valence-electron chi connectivity index (χ1n) is 5.48. The number of nitrogens with zero attached hydrogens (tertiary/aromatic N) is 1. The third kappa shape index (κ3) is 3.21. The molecule has 1 aromatic rings. The van der Waals surface area contributed by atoms with Crippen LogP contribution in [-0.4, -0.2) is 22.9 Å². The number of oxime groups is 1. The Morgan fingerprint density at radius 2 is 1.74 bits per heavy atom. The normalized spacial score (nSPS) is 12.0. The van der Waals surface area contributed by atoms with Crippen molar-refractivity contribution in [2.75, 3.05) is 5.32 Å². The molecule has 7 heteroatoms. The lowest BCUT2D eigenvalue weighted by molar-refractivity contribution is -0.121. The van der Waals surface area contributed by atoms with Crippen LogP contribution in [-0.2, 0) is 4.79 Å². The molecule has 0 heterocycles. The number of primary amides is 1. The predicted octanol–water partition coefficient (Wildman–Crippen LogP) is 0.497. The van der Waals surface area contributed by atoms with Gasteiger partial charge in [0, 0.05) is 11.3 Å². The average Bonchev–Trinajstić information content (AvgIpc) is 2.38. The number of nitrogens with one attached hydrogen (secondary N) is 1. The summed E-state index contributed by atoms with van der Waals surface area (Å²) in [6, 6.07) is 6.07. The number of carbonyl (C=O) groups excluding carboxylic acids is 2. The van der Waals surface area contributed by atoms with Crippen LogP contribution in [0.4, 0.5) is 5.69 Å². The maximum Gasteiger partial charge on any atom is 0.248 e. The smallest absolute Gasteiger partial charge is 0.248 e. The Bertz CT molecular complexity index is 520. The van der Waals surface area contributed by atoms with Crippen LogP contribution in [0.3, 0.4) is 0 Å². The summed E-state index contributed by atoms with van der Waals surface area (Å²) in [7, 11) is 0. The number of amides is 2. The van der Waals surface area contributed by atoms with Crippen LogP contribution in [0.5, 0.6) is 0 Å². The van der Waals surface area contributed by atoms with E-state index in [4.69, 9.17) is 16.7 Å². The molecule has 1 aromatic carbocycles. The number of anilines is 1. The van der Waals surface area contributed by atoms with Gasteiger partial charge < -0.3 is 22.0 Å². The molecule has 2 amide bonds. The second-order valence-corrected chi connectivity index (χ2v) is 4.51. The second kappa shape index (κ2) is 5.38. The lowest BCUT2D eigenvalue weighted by Crippen LogP contribution is -2.42. The Hall–Kier alpha value is -2.57. The molecule has 0 unspecified atom stereocenters. The lowest BCUT2D eigenvalue weighted by Gasteiger charge is -2.21. The molecule has 102 valence electrons. The highest BCUT2D eigenvalue weighted by Crippen LogP contribution is 2.19. The van der Waals surface area contributed by atoms with Crippen molar-refractivity contribution < 1.29 is 14.8 Å². The monoisotopic (exact) mass is 264 g/mol. The molecule has 19 heavy (non-hydrogen) atoms. The largest absolute Gasteiger partial charge is 0.409 e. The second-order valence-electron chi connectivity index (χ2n) is 4.51. The number of hydrogen-bond acceptors (Lipinski definition) is 4. The molecule has 0 aliphatic rings. The summed E-state index contributed by atoms with van der Waals surface area (Å²) in [5.74, 6) is -1.18. The summed E-state index contributed by atoms with van der Waals surface area (Å²) in [5.41, 5.74) is 10.2. The van der Waals surface area contributed by atoms with E-state index in [1.165, 1.54) is 26.0 Å². The number of hydrogen-bond donors (Lipinski definition) is 4. The van der Waals surface area contributed by atoms with Crippen molar-refractivity contribution in [2.45, 2.75) is 13.8 Å². The van der Waals surface area contributed by atoms with Gasteiger partial charge in [0.1, 0.15) is 5.41 Å². The summed E-state index contributed by atoms with van der Waals surface area (Å²) >= 11 is 0. The molecule has 0 spiro atoms. The first-order chi connectivity index (χ1) is 8.78. The van der Waals surface area contributed by atoms with Gasteiger partial charge in [0.15, 0.2) is 5.84 Å². The van der Waals surface area contributed by atoms with E-state index in [9.17, 15) is 9.59 Å². The van der Waals surface area contributed by atoms with Crippen LogP contribution in [0, 0.1) is 5.41 Å². The molecule has 0 bridgehead atoms. The molecule has 0 fully saturated rings. The Labute approximate surface area is 110 Å². The van der Waals surface area contributed by atoms with Crippen LogP contribution >= 0.6 is 0 Å². The van der Waals surface area contributed by atoms with Gasteiger partial charge in [-0.3, -0.25) is 9.59 Å². The highest BCUT2D eigenvalue weighted by molar-refractivity contribution is 6.11. The SMILES string of the molecule is CC(C)(C(=O)Nc1ccc(C(N)=O)cc1)C(N)=NO. The predicted molar refractivity (Wildman–Crippen MR) is 70.8 cm³/mol. The van der Waals surface area contributed by atoms with Gasteiger partial charge in [0.2, 0.25) is 11.8 Å². The summed E-state index contributed by atoms with van der Waals surface area (Å²) in [6.45, 7) is 3.05. The third-order valence-corrected chi connectivity index (χ3v) is 2.74. The molecule has 0 radical (unpaired) electrons. The van der Waals surface area contributed by atoms with Gasteiger partial charge in [-0.25, -0.2) is 0 Å². The van der Waals surface area contributed by atoms with E-state index in [2.05, 4.69) is 10.5 Å². The van der Waals surface area contributed by atoms with E-state index in [0.717, 1.165) is 0 Å². The van der Waals surface area contributed by atoms with Crippen molar-refractivity contribution in [1.82, 2.24) is 0 Å². The number of nitrogens with two attached hydrogens (primary N) is 2. The van der Waals surface area contributed by atoms with Crippen LogP contribution in [0.25, 0.3) is 0 Å². The van der Waals surface area contributed by atoms with E-state index < -0.39 is 17.2 Å². The fourth-order valence-electron chi connectivity index (χ4n) is 1.25. The van der Waals surface area contributed by atoms with E-state index in [-0.39, 0.29) is 5.84 Å². The topological polar surface area (TPSA) is 131 Å². The quantitative estimate of drug-likeness (QED) is 0.273. The summed E-state index contributed by atoms with van der Waals surface area (Å²) in [5, 5.41) is 14.0. The molecule has 0 atom stereocenters. The number of rotatable bonds is 4. The Morgan fingerprint density at radius 3 is 2.16 bits per heavy atom. The van der Waals surface area contributed by atoms with Gasteiger partial charge in [-0.15, -0.1) is 0 Å². The van der Waals surface area contributed by atoms with Gasteiger partial charge in [0.05, 0.1) is 0 Å². The van der Waals surface area contributed by atoms with Crippen LogP contribution < -0.4 is 16.8 Å². The van der Waals surface area contributed by atoms with Crippen LogP contribution in [0.15, 0.2) is 29.4 Å². The first-order valence-corrected chi connectivity index (χ1v) is 5.48. The Morgan fingerprint density at radius 1 is 1.21 bits per heavy atom. The van der Waals surface area contributed by atoms with Gasteiger partial charge in [0.25, 0.3) is 0 Å². The molecular formula is C12H16N4O3. The maximum atomic E-state index is 12.0. The summed E-state index contributed by atoms with van der Waals surface area (Å²) in [4.78, 5) is 22.9. The molecule has 0 saturated heterocycles. The number of carbonyl (C=O) groups is 2. The van der Waals surface area contributed by atoms with Crippen LogP contribution in [0.2, 0.25) is 0 Å². The van der Waals surface area contributed by atoms with Gasteiger partial charge in [-0.1, -0.05) is 5.16 Å². The fourth-order valence-corrected chi connectivity index (χ4v) is 1.25. The van der Waals surface area contributed by atoms with Crippen molar-refractivity contribution in [3.05, 3.63) is 29.8 Å². The first kappa shape index (κ1) is 14.5. The van der Waals surface area contributed by atoms with Crippen molar-refractivity contribution in [1.29, 1.82) is 0 Å². The Kier molecular flexibility index (Phi) is 4.11. The molecule has 1 rings (SSSR count). The standard InChI is InChI=1S/C12H16N4O3/c1-12(2,10(14)16-19)11(18)15-8-5-3-7(4-6-8)9(13)17/h3-6,19H,1-2H3,(H2,13,17)(H2,14,16)(H,15,18). The molecular weight excluding hydrogens is 248 g/mol. The highest BCUT2D eigenvalue weighted by atomic mass is 16.4. The molecule has 0 saturated carbocycles. The molecule has 0 aliphatic carbocycles. The molecule has 0 aliphatic heterocycles. The lowest BCUT2D eigenvalue weighted by atomic mass is 9.91. The fraction of sp³-hybridized carbons (Fsp3) is 0.250. The van der Waals surface area contributed by atoms with E-state index in [0.29, 0.717) is 11.3 Å². The number of benzene rings is 1. The van der Waals surface area contributed by atoms with Crippen molar-refractivity contribution >= 4 is 23.3 Å². The average molecular weight is 264 g/mol. The van der Waals surface area contributed by atoms with Crippen molar-refractivity contribution in [3.8, 4) is 0 Å². The maximum absolute atomic E-state index is 12.0. The minimum absolute atomic E-state index is 0.196. The Balaban J connectivity index is 2.86. The summed E-state index contributed by atoms with van der Waals surface area (Å²) < 4.78 is 0.